The fraction of sp³-hybridized carbons (Fsp3) is 0.889. The van der Waals surface area contributed by atoms with Gasteiger partial charge in [-0.1, -0.05) is 6.92 Å². The van der Waals surface area contributed by atoms with Crippen LogP contribution in [0.1, 0.15) is 39.5 Å². The van der Waals surface area contributed by atoms with Crippen LogP contribution in [0.3, 0.4) is 0 Å². The summed E-state index contributed by atoms with van der Waals surface area (Å²) in [5.41, 5.74) is 1.60. The zero-order valence-corrected chi connectivity index (χ0v) is 7.19. The number of hydrogen-bond donors (Lipinski definition) is 0. The summed E-state index contributed by atoms with van der Waals surface area (Å²) >= 11 is 0. The van der Waals surface area contributed by atoms with E-state index in [-0.39, 0.29) is 0 Å². The van der Waals surface area contributed by atoms with Crippen LogP contribution in [0.5, 0.6) is 0 Å². The van der Waals surface area contributed by atoms with Gasteiger partial charge in [0.1, 0.15) is 18.8 Å². The van der Waals surface area contributed by atoms with Crippen molar-refractivity contribution >= 4 is 5.71 Å². The first-order chi connectivity index (χ1) is 4.84. The lowest BCUT2D eigenvalue weighted by molar-refractivity contribution is -0.507. The number of nitrogens with zero attached hydrogens (tertiary/aromatic N) is 1. The summed E-state index contributed by atoms with van der Waals surface area (Å²) < 4.78 is 2.53. The molecule has 0 N–H and O–H groups in total. The van der Waals surface area contributed by atoms with E-state index in [2.05, 4.69) is 18.4 Å². The predicted octanol–water partition coefficient (Wildman–Crippen LogP) is 2.05. The third-order valence-electron chi connectivity index (χ3n) is 2.26. The smallest absolute Gasteiger partial charge is 0.149 e. The first-order valence-corrected chi connectivity index (χ1v) is 4.42. The fourth-order valence-corrected chi connectivity index (χ4v) is 1.62. The average molecular weight is 140 g/mol. The SMILES string of the molecule is CCCC(C)=[N+]1CCCC1. The van der Waals surface area contributed by atoms with Crippen LogP contribution in [0.25, 0.3) is 0 Å². The first-order valence-electron chi connectivity index (χ1n) is 4.42. The van der Waals surface area contributed by atoms with E-state index in [1.807, 2.05) is 0 Å². The monoisotopic (exact) mass is 140 g/mol. The molecule has 1 heteroatoms. The first kappa shape index (κ1) is 7.77. The minimum atomic E-state index is 1.29. The molecule has 1 saturated heterocycles. The van der Waals surface area contributed by atoms with Crippen molar-refractivity contribution in [1.82, 2.24) is 0 Å². The summed E-state index contributed by atoms with van der Waals surface area (Å²) in [5, 5.41) is 0. The van der Waals surface area contributed by atoms with E-state index in [0.717, 1.165) is 0 Å². The standard InChI is InChI=1S/C9H18N/c1-3-6-9(2)10-7-4-5-8-10/h3-8H2,1-2H3/q+1. The lowest BCUT2D eigenvalue weighted by Gasteiger charge is -1.97. The molecule has 1 heterocycles. The Balaban J connectivity index is 2.46. The van der Waals surface area contributed by atoms with Crippen molar-refractivity contribution in [3.63, 3.8) is 0 Å². The van der Waals surface area contributed by atoms with Crippen molar-refractivity contribution < 1.29 is 4.58 Å². The minimum Gasteiger partial charge on any atom is -0.237 e. The van der Waals surface area contributed by atoms with E-state index in [1.165, 1.54) is 38.8 Å². The lowest BCUT2D eigenvalue weighted by Crippen LogP contribution is -2.14. The van der Waals surface area contributed by atoms with Crippen LogP contribution in [0.15, 0.2) is 0 Å². The molecule has 0 aliphatic carbocycles. The van der Waals surface area contributed by atoms with Crippen LogP contribution < -0.4 is 0 Å². The maximum absolute atomic E-state index is 2.53. The van der Waals surface area contributed by atoms with Gasteiger partial charge in [0.05, 0.1) is 0 Å². The van der Waals surface area contributed by atoms with E-state index in [1.54, 1.807) is 5.71 Å². The highest BCUT2D eigenvalue weighted by atomic mass is 15.0. The zero-order valence-electron chi connectivity index (χ0n) is 7.19. The summed E-state index contributed by atoms with van der Waals surface area (Å²) in [6.45, 7) is 7.14. The van der Waals surface area contributed by atoms with Crippen molar-refractivity contribution in [2.45, 2.75) is 39.5 Å². The van der Waals surface area contributed by atoms with Gasteiger partial charge < -0.3 is 0 Å². The Morgan fingerprint density at radius 2 is 1.90 bits per heavy atom. The molecule has 1 nitrogen and oxygen atoms in total. The van der Waals surface area contributed by atoms with Crippen LogP contribution >= 0.6 is 0 Å². The molecule has 0 amide bonds. The molecule has 0 bridgehead atoms. The molecule has 1 aliphatic rings. The molecule has 0 unspecified atom stereocenters. The van der Waals surface area contributed by atoms with Gasteiger partial charge in [-0.2, -0.15) is 0 Å². The highest BCUT2D eigenvalue weighted by Gasteiger charge is 2.14. The Morgan fingerprint density at radius 3 is 2.40 bits per heavy atom. The number of rotatable bonds is 2. The van der Waals surface area contributed by atoms with Crippen molar-refractivity contribution in [3.8, 4) is 0 Å². The van der Waals surface area contributed by atoms with E-state index < -0.39 is 0 Å². The summed E-state index contributed by atoms with van der Waals surface area (Å²) in [4.78, 5) is 0. The van der Waals surface area contributed by atoms with Crippen LogP contribution in [-0.2, 0) is 0 Å². The molecule has 1 fully saturated rings. The van der Waals surface area contributed by atoms with Crippen LogP contribution in [0.4, 0.5) is 0 Å². The average Bonchev–Trinajstić information content (AvgIpc) is 2.38. The van der Waals surface area contributed by atoms with Crippen molar-refractivity contribution in [3.05, 3.63) is 0 Å². The second kappa shape index (κ2) is 3.75. The van der Waals surface area contributed by atoms with Gasteiger partial charge in [0.25, 0.3) is 0 Å². The van der Waals surface area contributed by atoms with Gasteiger partial charge in [-0.25, -0.2) is 4.58 Å². The topological polar surface area (TPSA) is 3.01 Å². The fourth-order valence-electron chi connectivity index (χ4n) is 1.62. The largest absolute Gasteiger partial charge is 0.237 e. The molecular formula is C9H18N+. The van der Waals surface area contributed by atoms with Gasteiger partial charge in [0.2, 0.25) is 0 Å². The maximum Gasteiger partial charge on any atom is 0.149 e. The quantitative estimate of drug-likeness (QED) is 0.516. The molecule has 10 heavy (non-hydrogen) atoms. The van der Waals surface area contributed by atoms with Gasteiger partial charge in [-0.3, -0.25) is 0 Å². The van der Waals surface area contributed by atoms with Gasteiger partial charge in [-0.15, -0.1) is 0 Å². The summed E-state index contributed by atoms with van der Waals surface area (Å²) in [5.74, 6) is 0. The Bertz CT molecular complexity index is 128. The van der Waals surface area contributed by atoms with Gasteiger partial charge in [0.15, 0.2) is 0 Å². The summed E-state index contributed by atoms with van der Waals surface area (Å²) in [6, 6.07) is 0. The Hall–Kier alpha value is -0.330. The third kappa shape index (κ3) is 1.83. The zero-order chi connectivity index (χ0) is 7.40. The lowest BCUT2D eigenvalue weighted by atomic mass is 10.2. The Morgan fingerprint density at radius 1 is 1.30 bits per heavy atom. The molecule has 1 aliphatic heterocycles. The molecule has 0 saturated carbocycles. The molecule has 0 radical (unpaired) electrons. The van der Waals surface area contributed by atoms with E-state index in [9.17, 15) is 0 Å². The van der Waals surface area contributed by atoms with Crippen LogP contribution in [0.2, 0.25) is 0 Å². The van der Waals surface area contributed by atoms with Gasteiger partial charge in [0, 0.05) is 26.2 Å². The second-order valence-corrected chi connectivity index (χ2v) is 3.18. The highest BCUT2D eigenvalue weighted by Crippen LogP contribution is 2.03. The van der Waals surface area contributed by atoms with E-state index in [0.29, 0.717) is 0 Å². The second-order valence-electron chi connectivity index (χ2n) is 3.18. The van der Waals surface area contributed by atoms with Crippen molar-refractivity contribution in [2.75, 3.05) is 13.1 Å². The predicted molar refractivity (Wildman–Crippen MR) is 44.8 cm³/mol. The van der Waals surface area contributed by atoms with E-state index in [4.69, 9.17) is 0 Å². The van der Waals surface area contributed by atoms with Gasteiger partial charge in [-0.05, 0) is 6.42 Å². The van der Waals surface area contributed by atoms with Crippen LogP contribution in [0, 0.1) is 0 Å². The molecular weight excluding hydrogens is 122 g/mol. The van der Waals surface area contributed by atoms with E-state index >= 15 is 0 Å². The molecule has 0 aromatic rings. The highest BCUT2D eigenvalue weighted by molar-refractivity contribution is 5.76. The Labute approximate surface area is 63.8 Å². The molecule has 0 aromatic carbocycles. The summed E-state index contributed by atoms with van der Waals surface area (Å²) in [6.07, 6.45) is 5.39. The van der Waals surface area contributed by atoms with Gasteiger partial charge >= 0.3 is 0 Å². The normalized spacial score (nSPS) is 18.0. The minimum absolute atomic E-state index is 1.29. The maximum atomic E-state index is 2.53. The molecule has 58 valence electrons. The van der Waals surface area contributed by atoms with Crippen molar-refractivity contribution in [2.24, 2.45) is 0 Å². The molecule has 1 rings (SSSR count). The van der Waals surface area contributed by atoms with Crippen LogP contribution in [-0.4, -0.2) is 23.4 Å². The molecule has 0 spiro atoms. The van der Waals surface area contributed by atoms with Crippen molar-refractivity contribution in [1.29, 1.82) is 0 Å². The third-order valence-corrected chi connectivity index (χ3v) is 2.26. The summed E-state index contributed by atoms with van der Waals surface area (Å²) in [7, 11) is 0. The Kier molecular flexibility index (Phi) is 2.91. The number of hydrogen-bond acceptors (Lipinski definition) is 0. The molecule has 0 atom stereocenters. The molecule has 0 aromatic heterocycles.